The van der Waals surface area contributed by atoms with Gasteiger partial charge in [0.05, 0.1) is 32.1 Å². The van der Waals surface area contributed by atoms with Crippen molar-refractivity contribution >= 4 is 18.1 Å². The monoisotopic (exact) mass is 520 g/mol. The van der Waals surface area contributed by atoms with Crippen molar-refractivity contribution in [3.8, 4) is 28.7 Å². The predicted molar refractivity (Wildman–Crippen MR) is 144 cm³/mol. The quantitative estimate of drug-likeness (QED) is 0.105. The van der Waals surface area contributed by atoms with Crippen LogP contribution in [0.15, 0.2) is 71.8 Å². The Kier molecular flexibility index (Phi) is 11.0. The molecule has 0 saturated carbocycles. The SMILES string of the molecule is CCCCOc1ccc(OCC(=O)NN=Cc2ccc(OC(=O)c3ccc(OCC)cc3)c(OC)c2)cc1. The zero-order chi connectivity index (χ0) is 27.2. The third-order valence-corrected chi connectivity index (χ3v) is 5.15. The van der Waals surface area contributed by atoms with Crippen LogP contribution >= 0.6 is 0 Å². The third-order valence-electron chi connectivity index (χ3n) is 5.15. The molecule has 3 aromatic carbocycles. The summed E-state index contributed by atoms with van der Waals surface area (Å²) in [5.41, 5.74) is 3.42. The number of unbranched alkanes of at least 4 members (excludes halogenated alkanes) is 1. The van der Waals surface area contributed by atoms with E-state index >= 15 is 0 Å². The van der Waals surface area contributed by atoms with Crippen LogP contribution in [0.1, 0.15) is 42.6 Å². The first-order valence-corrected chi connectivity index (χ1v) is 12.3. The molecule has 0 saturated heterocycles. The minimum atomic E-state index is -0.529. The van der Waals surface area contributed by atoms with Crippen LogP contribution in [-0.2, 0) is 4.79 Å². The maximum absolute atomic E-state index is 12.5. The van der Waals surface area contributed by atoms with Crippen LogP contribution < -0.4 is 29.1 Å². The number of esters is 1. The van der Waals surface area contributed by atoms with Gasteiger partial charge in [0.25, 0.3) is 5.91 Å². The van der Waals surface area contributed by atoms with Gasteiger partial charge in [0.1, 0.15) is 17.2 Å². The summed E-state index contributed by atoms with van der Waals surface area (Å²) >= 11 is 0. The number of hydrazone groups is 1. The summed E-state index contributed by atoms with van der Waals surface area (Å²) in [5, 5.41) is 3.95. The molecule has 0 spiro atoms. The molecular weight excluding hydrogens is 488 g/mol. The molecule has 3 rings (SSSR count). The van der Waals surface area contributed by atoms with Crippen LogP contribution in [0.3, 0.4) is 0 Å². The van der Waals surface area contributed by atoms with Crippen molar-refractivity contribution in [2.75, 3.05) is 26.9 Å². The van der Waals surface area contributed by atoms with E-state index in [0.717, 1.165) is 18.6 Å². The molecule has 1 N–H and O–H groups in total. The van der Waals surface area contributed by atoms with Crippen LogP contribution in [0.25, 0.3) is 0 Å². The Labute approximate surface area is 222 Å². The molecular formula is C29H32N2O7. The zero-order valence-corrected chi connectivity index (χ0v) is 21.8. The number of methoxy groups -OCH3 is 1. The topological polar surface area (TPSA) is 105 Å². The fraction of sp³-hybridized carbons (Fsp3) is 0.276. The molecule has 0 aliphatic heterocycles. The number of carbonyl (C=O) groups is 2. The molecule has 0 fully saturated rings. The van der Waals surface area contributed by atoms with Gasteiger partial charge in [0, 0.05) is 0 Å². The largest absolute Gasteiger partial charge is 0.494 e. The summed E-state index contributed by atoms with van der Waals surface area (Å²) in [5.74, 6) is 1.62. The first-order chi connectivity index (χ1) is 18.5. The van der Waals surface area contributed by atoms with Crippen molar-refractivity contribution in [2.24, 2.45) is 5.10 Å². The van der Waals surface area contributed by atoms with Gasteiger partial charge in [-0.15, -0.1) is 0 Å². The van der Waals surface area contributed by atoms with Crippen LogP contribution in [0.4, 0.5) is 0 Å². The molecule has 0 aliphatic rings. The van der Waals surface area contributed by atoms with E-state index in [4.69, 9.17) is 23.7 Å². The van der Waals surface area contributed by atoms with Crippen molar-refractivity contribution in [2.45, 2.75) is 26.7 Å². The van der Waals surface area contributed by atoms with E-state index in [2.05, 4.69) is 17.5 Å². The second-order valence-corrected chi connectivity index (χ2v) is 8.01. The molecule has 0 aromatic heterocycles. The Balaban J connectivity index is 1.48. The summed E-state index contributed by atoms with van der Waals surface area (Å²) in [7, 11) is 1.47. The Morgan fingerprint density at radius 3 is 2.16 bits per heavy atom. The van der Waals surface area contributed by atoms with Gasteiger partial charge in [-0.3, -0.25) is 4.79 Å². The van der Waals surface area contributed by atoms with Crippen LogP contribution in [0.5, 0.6) is 28.7 Å². The lowest BCUT2D eigenvalue weighted by molar-refractivity contribution is -0.123. The van der Waals surface area contributed by atoms with E-state index in [1.807, 2.05) is 6.92 Å². The fourth-order valence-corrected chi connectivity index (χ4v) is 3.19. The van der Waals surface area contributed by atoms with Crippen molar-refractivity contribution in [3.63, 3.8) is 0 Å². The Morgan fingerprint density at radius 2 is 1.50 bits per heavy atom. The number of nitrogens with zero attached hydrogens (tertiary/aromatic N) is 1. The third kappa shape index (κ3) is 8.85. The number of hydrogen-bond donors (Lipinski definition) is 1. The normalized spacial score (nSPS) is 10.6. The number of ether oxygens (including phenoxy) is 5. The lowest BCUT2D eigenvalue weighted by Crippen LogP contribution is -2.24. The van der Waals surface area contributed by atoms with Crippen molar-refractivity contribution in [1.29, 1.82) is 0 Å². The number of nitrogens with one attached hydrogen (secondary N) is 1. The molecule has 3 aromatic rings. The average Bonchev–Trinajstić information content (AvgIpc) is 2.94. The Morgan fingerprint density at radius 1 is 0.842 bits per heavy atom. The predicted octanol–water partition coefficient (Wildman–Crippen LogP) is 5.02. The van der Waals surface area contributed by atoms with Gasteiger partial charge in [-0.25, -0.2) is 10.2 Å². The molecule has 0 atom stereocenters. The number of carbonyl (C=O) groups excluding carboxylic acids is 2. The molecule has 9 nitrogen and oxygen atoms in total. The van der Waals surface area contributed by atoms with Gasteiger partial charge >= 0.3 is 5.97 Å². The number of hydrogen-bond acceptors (Lipinski definition) is 8. The molecule has 1 amide bonds. The number of benzene rings is 3. The first kappa shape index (κ1) is 28.0. The van der Waals surface area contributed by atoms with E-state index in [9.17, 15) is 9.59 Å². The van der Waals surface area contributed by atoms with Gasteiger partial charge in [-0.05, 0) is 85.6 Å². The summed E-state index contributed by atoms with van der Waals surface area (Å²) in [6, 6.07) is 18.7. The summed E-state index contributed by atoms with van der Waals surface area (Å²) < 4.78 is 27.3. The number of amides is 1. The molecule has 0 unspecified atom stereocenters. The lowest BCUT2D eigenvalue weighted by Gasteiger charge is -2.10. The highest BCUT2D eigenvalue weighted by Crippen LogP contribution is 2.28. The maximum Gasteiger partial charge on any atom is 0.343 e. The molecule has 0 aliphatic carbocycles. The molecule has 200 valence electrons. The van der Waals surface area contributed by atoms with Crippen LogP contribution in [0.2, 0.25) is 0 Å². The smallest absolute Gasteiger partial charge is 0.343 e. The fourth-order valence-electron chi connectivity index (χ4n) is 3.19. The molecule has 38 heavy (non-hydrogen) atoms. The summed E-state index contributed by atoms with van der Waals surface area (Å²) in [6.07, 6.45) is 3.51. The van der Waals surface area contributed by atoms with E-state index in [1.54, 1.807) is 66.7 Å². The molecule has 0 heterocycles. The Bertz CT molecular complexity index is 1210. The van der Waals surface area contributed by atoms with E-state index in [-0.39, 0.29) is 12.4 Å². The maximum atomic E-state index is 12.5. The first-order valence-electron chi connectivity index (χ1n) is 12.3. The lowest BCUT2D eigenvalue weighted by atomic mass is 10.2. The molecule has 0 radical (unpaired) electrons. The minimum absolute atomic E-state index is 0.197. The average molecular weight is 521 g/mol. The Hall–Kier alpha value is -4.53. The van der Waals surface area contributed by atoms with Gasteiger partial charge in [-0.2, -0.15) is 5.10 Å². The molecule has 9 heteroatoms. The minimum Gasteiger partial charge on any atom is -0.494 e. The van der Waals surface area contributed by atoms with Crippen LogP contribution in [0, 0.1) is 0 Å². The second-order valence-electron chi connectivity index (χ2n) is 8.01. The highest BCUT2D eigenvalue weighted by molar-refractivity contribution is 5.92. The van der Waals surface area contributed by atoms with Gasteiger partial charge < -0.3 is 23.7 Å². The highest BCUT2D eigenvalue weighted by Gasteiger charge is 2.13. The van der Waals surface area contributed by atoms with E-state index < -0.39 is 11.9 Å². The molecule has 0 bridgehead atoms. The standard InChI is InChI=1S/C29H32N2O7/c1-4-6-17-36-24-12-14-25(15-13-24)37-20-28(32)31-30-19-21-7-16-26(27(18-21)34-3)38-29(33)22-8-10-23(11-9-22)35-5-2/h7-16,18-19H,4-6,17,20H2,1-3H3,(H,31,32). The van der Waals surface area contributed by atoms with Crippen molar-refractivity contribution < 1.29 is 33.3 Å². The summed E-state index contributed by atoms with van der Waals surface area (Å²) in [4.78, 5) is 24.6. The van der Waals surface area contributed by atoms with Gasteiger partial charge in [0.15, 0.2) is 18.1 Å². The van der Waals surface area contributed by atoms with Crippen molar-refractivity contribution in [3.05, 3.63) is 77.9 Å². The van der Waals surface area contributed by atoms with Gasteiger partial charge in [-0.1, -0.05) is 13.3 Å². The number of rotatable bonds is 14. The zero-order valence-electron chi connectivity index (χ0n) is 21.8. The summed E-state index contributed by atoms with van der Waals surface area (Å²) in [6.45, 7) is 5.00. The highest BCUT2D eigenvalue weighted by atomic mass is 16.6. The van der Waals surface area contributed by atoms with Crippen LogP contribution in [-0.4, -0.2) is 45.0 Å². The van der Waals surface area contributed by atoms with Gasteiger partial charge in [0.2, 0.25) is 0 Å². The van der Waals surface area contributed by atoms with E-state index in [1.165, 1.54) is 13.3 Å². The van der Waals surface area contributed by atoms with E-state index in [0.29, 0.717) is 41.6 Å². The van der Waals surface area contributed by atoms with Crippen molar-refractivity contribution in [1.82, 2.24) is 5.43 Å². The second kappa shape index (κ2) is 14.9.